The lowest BCUT2D eigenvalue weighted by Gasteiger charge is -2.07. The average molecular weight is 291 g/mol. The van der Waals surface area contributed by atoms with Crippen molar-refractivity contribution in [2.45, 2.75) is 0 Å². The largest absolute Gasteiger partial charge is 0.504 e. The van der Waals surface area contributed by atoms with Crippen molar-refractivity contribution in [2.24, 2.45) is 0 Å². The molecular formula is C14H10FNO5. The van der Waals surface area contributed by atoms with Crippen LogP contribution >= 0.6 is 0 Å². The van der Waals surface area contributed by atoms with Gasteiger partial charge in [-0.15, -0.1) is 0 Å². The highest BCUT2D eigenvalue weighted by atomic mass is 19.1. The standard InChI is InChI=1S/C14H10FNO5/c15-11-7-9(16(19)20)5-6-10(11)13(18)8-21-14-4-2-1-3-12(14)17/h1-7,17H,8H2. The number of ketones is 1. The van der Waals surface area contributed by atoms with Crippen LogP contribution in [0.4, 0.5) is 10.1 Å². The second kappa shape index (κ2) is 6.00. The van der Waals surface area contributed by atoms with Gasteiger partial charge in [-0.05, 0) is 18.2 Å². The van der Waals surface area contributed by atoms with Crippen LogP contribution < -0.4 is 4.74 Å². The van der Waals surface area contributed by atoms with Gasteiger partial charge in [0.15, 0.2) is 18.1 Å². The Morgan fingerprint density at radius 1 is 1.29 bits per heavy atom. The van der Waals surface area contributed by atoms with Gasteiger partial charge >= 0.3 is 0 Å². The van der Waals surface area contributed by atoms with Gasteiger partial charge in [-0.3, -0.25) is 14.9 Å². The molecule has 0 fully saturated rings. The van der Waals surface area contributed by atoms with E-state index in [1.165, 1.54) is 12.1 Å². The van der Waals surface area contributed by atoms with Gasteiger partial charge in [-0.25, -0.2) is 4.39 Å². The topological polar surface area (TPSA) is 89.7 Å². The van der Waals surface area contributed by atoms with Crippen LogP contribution in [0.5, 0.6) is 11.5 Å². The lowest BCUT2D eigenvalue weighted by molar-refractivity contribution is -0.385. The van der Waals surface area contributed by atoms with E-state index in [4.69, 9.17) is 4.74 Å². The molecule has 0 amide bonds. The minimum atomic E-state index is -0.991. The van der Waals surface area contributed by atoms with E-state index < -0.39 is 28.8 Å². The summed E-state index contributed by atoms with van der Waals surface area (Å²) in [4.78, 5) is 21.5. The number of rotatable bonds is 5. The molecule has 0 aliphatic rings. The molecule has 0 aliphatic heterocycles. The van der Waals surface area contributed by atoms with E-state index in [9.17, 15) is 24.4 Å². The van der Waals surface area contributed by atoms with E-state index in [0.29, 0.717) is 6.07 Å². The van der Waals surface area contributed by atoms with E-state index in [1.54, 1.807) is 12.1 Å². The van der Waals surface area contributed by atoms with Gasteiger partial charge in [0.2, 0.25) is 5.78 Å². The molecule has 0 saturated carbocycles. The first kappa shape index (κ1) is 14.4. The highest BCUT2D eigenvalue weighted by Crippen LogP contribution is 2.24. The third-order valence-corrected chi connectivity index (χ3v) is 2.69. The maximum Gasteiger partial charge on any atom is 0.272 e. The number of benzene rings is 2. The van der Waals surface area contributed by atoms with Crippen molar-refractivity contribution in [3.8, 4) is 11.5 Å². The van der Waals surface area contributed by atoms with Gasteiger partial charge in [-0.2, -0.15) is 0 Å². The number of nitrogens with zero attached hydrogens (tertiary/aromatic N) is 1. The van der Waals surface area contributed by atoms with Gasteiger partial charge < -0.3 is 9.84 Å². The van der Waals surface area contributed by atoms with Crippen molar-refractivity contribution >= 4 is 11.5 Å². The van der Waals surface area contributed by atoms with Gasteiger partial charge in [0.05, 0.1) is 16.6 Å². The number of carbonyl (C=O) groups is 1. The summed E-state index contributed by atoms with van der Waals surface area (Å²) in [5.41, 5.74) is -0.748. The molecule has 0 heterocycles. The zero-order valence-corrected chi connectivity index (χ0v) is 10.7. The Balaban J connectivity index is 2.11. The summed E-state index contributed by atoms with van der Waals surface area (Å²) >= 11 is 0. The second-order valence-corrected chi connectivity index (χ2v) is 4.10. The Kier molecular flexibility index (Phi) is 4.13. The highest BCUT2D eigenvalue weighted by molar-refractivity contribution is 5.97. The molecule has 21 heavy (non-hydrogen) atoms. The number of aromatic hydroxyl groups is 1. The van der Waals surface area contributed by atoms with Crippen molar-refractivity contribution in [3.63, 3.8) is 0 Å². The molecule has 0 saturated heterocycles. The summed E-state index contributed by atoms with van der Waals surface area (Å²) in [7, 11) is 0. The summed E-state index contributed by atoms with van der Waals surface area (Å²) in [6, 6.07) is 8.76. The van der Waals surface area contributed by atoms with Crippen LogP contribution in [0.25, 0.3) is 0 Å². The van der Waals surface area contributed by atoms with E-state index >= 15 is 0 Å². The van der Waals surface area contributed by atoms with Gasteiger partial charge in [0, 0.05) is 6.07 Å². The number of halogens is 1. The second-order valence-electron chi connectivity index (χ2n) is 4.10. The molecule has 0 aromatic heterocycles. The molecule has 0 atom stereocenters. The van der Waals surface area contributed by atoms with Crippen molar-refractivity contribution < 1.29 is 24.0 Å². The minimum absolute atomic E-state index is 0.0909. The van der Waals surface area contributed by atoms with Crippen LogP contribution in [0.1, 0.15) is 10.4 Å². The number of non-ortho nitro benzene ring substituents is 1. The Bertz CT molecular complexity index is 702. The molecule has 0 unspecified atom stereocenters. The summed E-state index contributed by atoms with van der Waals surface area (Å²) in [6.45, 7) is -0.494. The SMILES string of the molecule is O=C(COc1ccccc1O)c1ccc([N+](=O)[O-])cc1F. The van der Waals surface area contributed by atoms with Crippen LogP contribution in [-0.4, -0.2) is 22.4 Å². The quantitative estimate of drug-likeness (QED) is 0.519. The predicted octanol–water partition coefficient (Wildman–Crippen LogP) is 2.70. The number of hydrogen-bond acceptors (Lipinski definition) is 5. The summed E-state index contributed by atoms with van der Waals surface area (Å²) in [5, 5.41) is 19.9. The predicted molar refractivity (Wildman–Crippen MR) is 71.0 cm³/mol. The highest BCUT2D eigenvalue weighted by Gasteiger charge is 2.17. The van der Waals surface area contributed by atoms with Crippen LogP contribution in [0.2, 0.25) is 0 Å². The van der Waals surface area contributed by atoms with Gasteiger partial charge in [-0.1, -0.05) is 12.1 Å². The Labute approximate surface area is 118 Å². The molecule has 2 rings (SSSR count). The number of nitro groups is 1. The molecule has 7 heteroatoms. The number of phenols is 1. The smallest absolute Gasteiger partial charge is 0.272 e. The number of Topliss-reactive ketones (excluding diaryl/α,β-unsaturated/α-hetero) is 1. The monoisotopic (exact) mass is 291 g/mol. The Morgan fingerprint density at radius 3 is 2.62 bits per heavy atom. The van der Waals surface area contributed by atoms with Crippen molar-refractivity contribution in [2.75, 3.05) is 6.61 Å². The summed E-state index contributed by atoms with van der Waals surface area (Å²) in [5.74, 6) is -1.73. The zero-order valence-electron chi connectivity index (χ0n) is 10.7. The fourth-order valence-electron chi connectivity index (χ4n) is 1.64. The Morgan fingerprint density at radius 2 is 2.00 bits per heavy atom. The van der Waals surface area contributed by atoms with E-state index in [1.807, 2.05) is 0 Å². The summed E-state index contributed by atoms with van der Waals surface area (Å²) < 4.78 is 18.7. The first-order valence-electron chi connectivity index (χ1n) is 5.87. The maximum atomic E-state index is 13.6. The fraction of sp³-hybridized carbons (Fsp3) is 0.0714. The molecule has 2 aromatic carbocycles. The van der Waals surface area contributed by atoms with Crippen molar-refractivity contribution in [1.29, 1.82) is 0 Å². The number of phenolic OH excluding ortho intramolecular Hbond substituents is 1. The van der Waals surface area contributed by atoms with Gasteiger partial charge in [0.25, 0.3) is 5.69 Å². The maximum absolute atomic E-state index is 13.6. The zero-order chi connectivity index (χ0) is 15.4. The van der Waals surface area contributed by atoms with Crippen molar-refractivity contribution in [3.05, 3.63) is 64.0 Å². The molecule has 2 aromatic rings. The fourth-order valence-corrected chi connectivity index (χ4v) is 1.64. The third kappa shape index (κ3) is 3.33. The molecule has 0 bridgehead atoms. The minimum Gasteiger partial charge on any atom is -0.504 e. The van der Waals surface area contributed by atoms with E-state index in [0.717, 1.165) is 12.1 Å². The number of para-hydroxylation sites is 2. The number of carbonyl (C=O) groups excluding carboxylic acids is 1. The number of ether oxygens (including phenoxy) is 1. The first-order chi connectivity index (χ1) is 9.99. The molecule has 0 aliphatic carbocycles. The molecule has 0 spiro atoms. The van der Waals surface area contributed by atoms with Crippen LogP contribution in [-0.2, 0) is 0 Å². The van der Waals surface area contributed by atoms with Crippen LogP contribution in [0, 0.1) is 15.9 Å². The Hall–Kier alpha value is -2.96. The van der Waals surface area contributed by atoms with E-state index in [2.05, 4.69) is 0 Å². The van der Waals surface area contributed by atoms with Crippen molar-refractivity contribution in [1.82, 2.24) is 0 Å². The van der Waals surface area contributed by atoms with Gasteiger partial charge in [0.1, 0.15) is 5.82 Å². The average Bonchev–Trinajstić information content (AvgIpc) is 2.46. The molecule has 108 valence electrons. The number of nitro benzene ring substituents is 1. The molecule has 1 N–H and O–H groups in total. The van der Waals surface area contributed by atoms with Crippen LogP contribution in [0.3, 0.4) is 0 Å². The third-order valence-electron chi connectivity index (χ3n) is 2.69. The molecular weight excluding hydrogens is 281 g/mol. The molecule has 0 radical (unpaired) electrons. The summed E-state index contributed by atoms with van der Waals surface area (Å²) in [6.07, 6.45) is 0. The lowest BCUT2D eigenvalue weighted by Crippen LogP contribution is -2.13. The lowest BCUT2D eigenvalue weighted by atomic mass is 10.1. The van der Waals surface area contributed by atoms with Crippen LogP contribution in [0.15, 0.2) is 42.5 Å². The molecule has 6 nitrogen and oxygen atoms in total. The van der Waals surface area contributed by atoms with E-state index in [-0.39, 0.29) is 17.1 Å². The first-order valence-corrected chi connectivity index (χ1v) is 5.87. The number of hydrogen-bond donors (Lipinski definition) is 1. The normalized spacial score (nSPS) is 10.1.